The van der Waals surface area contributed by atoms with Crippen molar-refractivity contribution in [3.63, 3.8) is 0 Å². The summed E-state index contributed by atoms with van der Waals surface area (Å²) in [5.74, 6) is -5.82. The van der Waals surface area contributed by atoms with Gasteiger partial charge in [-0.25, -0.2) is 17.9 Å². The first-order valence-electron chi connectivity index (χ1n) is 13.8. The minimum atomic E-state index is -1.59. The molecule has 9 nitrogen and oxygen atoms in total. The quantitative estimate of drug-likeness (QED) is 0.178. The van der Waals surface area contributed by atoms with E-state index < -0.39 is 53.1 Å². The molecule has 0 radical (unpaired) electrons. The third kappa shape index (κ3) is 6.53. The standard InChI is InChI=1S/C31H31F3N4O5S/c1-16-29(38-14-25(35-36-38)20-12-23(32)28(34)24(33)13-20)30(42-18(3)40)27(15-41-17(2)39)43-31(16)44-21-9-10-22-19(11-21)7-6-8-26(22)37(4)5/h6-14,16,27,29-31H,15H2,1-5H3/t16?,27?,29-,30+,31-/m1/s1. The fourth-order valence-corrected chi connectivity index (χ4v) is 6.54. The summed E-state index contributed by atoms with van der Waals surface area (Å²) in [6, 6.07) is 13.1. The average molecular weight is 629 g/mol. The second-order valence-electron chi connectivity index (χ2n) is 10.8. The smallest absolute Gasteiger partial charge is 0.303 e. The van der Waals surface area contributed by atoms with Crippen molar-refractivity contribution in [2.75, 3.05) is 25.6 Å². The molecule has 1 aromatic heterocycles. The maximum Gasteiger partial charge on any atom is 0.303 e. The molecule has 0 saturated carbocycles. The molecule has 0 amide bonds. The molecule has 2 unspecified atom stereocenters. The van der Waals surface area contributed by atoms with Gasteiger partial charge >= 0.3 is 11.9 Å². The van der Waals surface area contributed by atoms with E-state index in [1.807, 2.05) is 56.3 Å². The Hall–Kier alpha value is -4.10. The lowest BCUT2D eigenvalue weighted by Crippen LogP contribution is -2.53. The predicted molar refractivity (Wildman–Crippen MR) is 159 cm³/mol. The monoisotopic (exact) mass is 628 g/mol. The fraction of sp³-hybridized carbons (Fsp3) is 0.355. The minimum Gasteiger partial charge on any atom is -0.463 e. The van der Waals surface area contributed by atoms with E-state index in [2.05, 4.69) is 16.4 Å². The number of anilines is 1. The summed E-state index contributed by atoms with van der Waals surface area (Å²) >= 11 is 1.45. The Labute approximate surface area is 256 Å². The van der Waals surface area contributed by atoms with Gasteiger partial charge in [0.1, 0.15) is 23.8 Å². The molecule has 1 saturated heterocycles. The lowest BCUT2D eigenvalue weighted by atomic mass is 9.90. The molecule has 2 heterocycles. The molecule has 13 heteroatoms. The second kappa shape index (κ2) is 12.9. The van der Waals surface area contributed by atoms with Crippen LogP contribution in [0.5, 0.6) is 0 Å². The van der Waals surface area contributed by atoms with Crippen molar-refractivity contribution in [1.29, 1.82) is 0 Å². The molecule has 232 valence electrons. The Morgan fingerprint density at radius 2 is 1.77 bits per heavy atom. The van der Waals surface area contributed by atoms with E-state index in [4.69, 9.17) is 14.2 Å². The highest BCUT2D eigenvalue weighted by Crippen LogP contribution is 2.44. The molecule has 5 atom stereocenters. The number of benzene rings is 3. The largest absolute Gasteiger partial charge is 0.463 e. The summed E-state index contributed by atoms with van der Waals surface area (Å²) in [6.07, 6.45) is -0.400. The molecular weight excluding hydrogens is 597 g/mol. The third-order valence-corrected chi connectivity index (χ3v) is 8.69. The number of hydrogen-bond donors (Lipinski definition) is 0. The summed E-state index contributed by atoms with van der Waals surface area (Å²) < 4.78 is 60.4. The predicted octanol–water partition coefficient (Wildman–Crippen LogP) is 5.77. The van der Waals surface area contributed by atoms with Crippen LogP contribution in [0.25, 0.3) is 22.0 Å². The highest BCUT2D eigenvalue weighted by atomic mass is 32.2. The van der Waals surface area contributed by atoms with Crippen molar-refractivity contribution in [2.45, 2.75) is 49.4 Å². The van der Waals surface area contributed by atoms with Gasteiger partial charge in [-0.3, -0.25) is 9.59 Å². The highest BCUT2D eigenvalue weighted by molar-refractivity contribution is 7.99. The minimum absolute atomic E-state index is 0.0213. The molecule has 0 bridgehead atoms. The maximum atomic E-state index is 14.0. The first-order chi connectivity index (χ1) is 20.9. The lowest BCUT2D eigenvalue weighted by Gasteiger charge is -2.44. The van der Waals surface area contributed by atoms with Gasteiger partial charge in [-0.15, -0.1) is 5.10 Å². The Balaban J connectivity index is 1.52. The van der Waals surface area contributed by atoms with Gasteiger partial charge in [-0.2, -0.15) is 0 Å². The molecule has 0 N–H and O–H groups in total. The van der Waals surface area contributed by atoms with Gasteiger partial charge < -0.3 is 19.1 Å². The van der Waals surface area contributed by atoms with Crippen LogP contribution in [0.2, 0.25) is 0 Å². The van der Waals surface area contributed by atoms with Crippen LogP contribution in [-0.2, 0) is 23.8 Å². The Morgan fingerprint density at radius 1 is 1.05 bits per heavy atom. The van der Waals surface area contributed by atoms with Crippen LogP contribution in [0.3, 0.4) is 0 Å². The van der Waals surface area contributed by atoms with Gasteiger partial charge in [-0.05, 0) is 35.7 Å². The number of rotatable bonds is 8. The first kappa shape index (κ1) is 31.3. The second-order valence-corrected chi connectivity index (χ2v) is 12.0. The van der Waals surface area contributed by atoms with Gasteiger partial charge in [0.05, 0.1) is 12.2 Å². The molecular formula is C31H31F3N4O5S. The number of halogens is 3. The zero-order valence-corrected chi connectivity index (χ0v) is 25.5. The zero-order valence-electron chi connectivity index (χ0n) is 24.7. The van der Waals surface area contributed by atoms with Gasteiger partial charge in [0.2, 0.25) is 0 Å². The molecule has 0 aliphatic carbocycles. The first-order valence-corrected chi connectivity index (χ1v) is 14.7. The number of hydrogen-bond acceptors (Lipinski definition) is 9. The number of thioether (sulfide) groups is 1. The van der Waals surface area contributed by atoms with Crippen molar-refractivity contribution >= 4 is 40.2 Å². The summed E-state index contributed by atoms with van der Waals surface area (Å²) in [5.41, 5.74) is 0.604. The van der Waals surface area contributed by atoms with Crippen molar-refractivity contribution in [2.24, 2.45) is 5.92 Å². The summed E-state index contributed by atoms with van der Waals surface area (Å²) in [4.78, 5) is 26.9. The van der Waals surface area contributed by atoms with E-state index in [0.29, 0.717) is 0 Å². The van der Waals surface area contributed by atoms with E-state index in [1.54, 1.807) is 0 Å². The molecule has 5 rings (SSSR count). The topological polar surface area (TPSA) is 95.8 Å². The van der Waals surface area contributed by atoms with Crippen molar-refractivity contribution in [1.82, 2.24) is 15.0 Å². The highest BCUT2D eigenvalue weighted by Gasteiger charge is 2.48. The normalized spacial score (nSPS) is 21.7. The average Bonchev–Trinajstić information content (AvgIpc) is 3.45. The summed E-state index contributed by atoms with van der Waals surface area (Å²) in [5, 5.41) is 10.4. The summed E-state index contributed by atoms with van der Waals surface area (Å²) in [6.45, 7) is 4.20. The van der Waals surface area contributed by atoms with Crippen LogP contribution in [0.4, 0.5) is 18.9 Å². The molecule has 3 aromatic carbocycles. The zero-order chi connectivity index (χ0) is 31.7. The van der Waals surface area contributed by atoms with Gasteiger partial charge in [0.25, 0.3) is 0 Å². The fourth-order valence-electron chi connectivity index (χ4n) is 5.35. The Bertz CT molecular complexity index is 1680. The Morgan fingerprint density at radius 3 is 2.43 bits per heavy atom. The van der Waals surface area contributed by atoms with Crippen molar-refractivity contribution < 1.29 is 37.0 Å². The van der Waals surface area contributed by atoms with Gasteiger partial charge in [0, 0.05) is 55.4 Å². The molecule has 4 aromatic rings. The number of carbonyl (C=O) groups excluding carboxylic acids is 2. The van der Waals surface area contributed by atoms with E-state index >= 15 is 0 Å². The lowest BCUT2D eigenvalue weighted by molar-refractivity contribution is -0.191. The van der Waals surface area contributed by atoms with Crippen LogP contribution in [-0.4, -0.2) is 65.3 Å². The molecule has 44 heavy (non-hydrogen) atoms. The number of nitrogens with zero attached hydrogens (tertiary/aromatic N) is 4. The number of fused-ring (bicyclic) bond motifs is 1. The molecule has 0 spiro atoms. The number of aromatic nitrogens is 3. The van der Waals surface area contributed by atoms with Crippen LogP contribution < -0.4 is 4.90 Å². The summed E-state index contributed by atoms with van der Waals surface area (Å²) in [7, 11) is 3.97. The Kier molecular flexibility index (Phi) is 9.16. The van der Waals surface area contributed by atoms with Crippen LogP contribution in [0.1, 0.15) is 26.8 Å². The van der Waals surface area contributed by atoms with E-state index in [-0.39, 0.29) is 23.8 Å². The molecule has 1 aliphatic heterocycles. The molecule has 1 aliphatic rings. The van der Waals surface area contributed by atoms with Crippen LogP contribution >= 0.6 is 11.8 Å². The SMILES string of the molecule is CC(=O)OCC1O[C@H](Sc2ccc3c(N(C)C)cccc3c2)C(C)[C@@H](n2cc(-c3cc(F)c(F)c(F)c3)nn2)[C@H]1OC(C)=O. The van der Waals surface area contributed by atoms with E-state index in [9.17, 15) is 22.8 Å². The van der Waals surface area contributed by atoms with Crippen molar-refractivity contribution in [3.05, 3.63) is 72.2 Å². The van der Waals surface area contributed by atoms with Crippen molar-refractivity contribution in [3.8, 4) is 11.3 Å². The van der Waals surface area contributed by atoms with E-state index in [0.717, 1.165) is 33.5 Å². The molecule has 1 fully saturated rings. The number of carbonyl (C=O) groups is 2. The maximum absolute atomic E-state index is 14.0. The van der Waals surface area contributed by atoms with E-state index in [1.165, 1.54) is 36.5 Å². The van der Waals surface area contributed by atoms with Gasteiger partial charge in [-0.1, -0.05) is 42.1 Å². The van der Waals surface area contributed by atoms with Crippen LogP contribution in [0, 0.1) is 23.4 Å². The number of esters is 2. The van der Waals surface area contributed by atoms with Gasteiger partial charge in [0.15, 0.2) is 23.6 Å². The third-order valence-electron chi connectivity index (χ3n) is 7.39. The number of ether oxygens (including phenoxy) is 3. The van der Waals surface area contributed by atoms with Crippen LogP contribution in [0.15, 0.2) is 59.6 Å².